The van der Waals surface area contributed by atoms with E-state index in [9.17, 15) is 9.18 Å². The lowest BCUT2D eigenvalue weighted by Gasteiger charge is -2.27. The number of likely N-dealkylation sites (tertiary alicyclic amines) is 1. The summed E-state index contributed by atoms with van der Waals surface area (Å²) in [6, 6.07) is 13.9. The molecule has 0 aromatic heterocycles. The van der Waals surface area contributed by atoms with Gasteiger partial charge in [0.1, 0.15) is 11.6 Å². The summed E-state index contributed by atoms with van der Waals surface area (Å²) in [6.07, 6.45) is 3.19. The average Bonchev–Trinajstić information content (AvgIpc) is 2.69. The van der Waals surface area contributed by atoms with E-state index in [0.717, 1.165) is 25.2 Å². The zero-order chi connectivity index (χ0) is 19.1. The normalized spacial score (nSPS) is 15.9. The Morgan fingerprint density at radius 2 is 1.74 bits per heavy atom. The van der Waals surface area contributed by atoms with Gasteiger partial charge in [-0.15, -0.1) is 0 Å². The van der Waals surface area contributed by atoms with E-state index in [-0.39, 0.29) is 11.7 Å². The molecule has 1 heterocycles. The molecule has 5 heteroatoms. The van der Waals surface area contributed by atoms with Crippen molar-refractivity contribution in [3.8, 4) is 5.75 Å². The number of ether oxygens (including phenoxy) is 1. The number of hydrogen-bond acceptors (Lipinski definition) is 3. The van der Waals surface area contributed by atoms with E-state index in [0.29, 0.717) is 12.3 Å². The van der Waals surface area contributed by atoms with Crippen molar-refractivity contribution in [3.05, 3.63) is 65.5 Å². The Morgan fingerprint density at radius 1 is 1.07 bits per heavy atom. The highest BCUT2D eigenvalue weighted by atomic mass is 19.1. The molecule has 3 rings (SSSR count). The van der Waals surface area contributed by atoms with Gasteiger partial charge in [0.2, 0.25) is 0 Å². The van der Waals surface area contributed by atoms with Crippen LogP contribution in [0.25, 0.3) is 0 Å². The van der Waals surface area contributed by atoms with Crippen molar-refractivity contribution >= 4 is 5.91 Å². The molecule has 1 fully saturated rings. The van der Waals surface area contributed by atoms with E-state index >= 15 is 0 Å². The Balaban J connectivity index is 1.54. The molecule has 0 bridgehead atoms. The summed E-state index contributed by atoms with van der Waals surface area (Å²) in [5.74, 6) is -0.0404. The Morgan fingerprint density at radius 3 is 2.44 bits per heavy atom. The van der Waals surface area contributed by atoms with Crippen LogP contribution in [-0.4, -0.2) is 30.0 Å². The van der Waals surface area contributed by atoms with Gasteiger partial charge in [-0.2, -0.15) is 0 Å². The summed E-state index contributed by atoms with van der Waals surface area (Å²) >= 11 is 0. The minimum atomic E-state index is -0.648. The highest BCUT2D eigenvalue weighted by molar-refractivity contribution is 5.80. The van der Waals surface area contributed by atoms with Crippen LogP contribution < -0.4 is 10.1 Å². The summed E-state index contributed by atoms with van der Waals surface area (Å²) in [6.45, 7) is 5.37. The van der Waals surface area contributed by atoms with E-state index in [1.807, 2.05) is 12.1 Å². The topological polar surface area (TPSA) is 41.6 Å². The Bertz CT molecular complexity index is 742. The smallest absolute Gasteiger partial charge is 0.261 e. The lowest BCUT2D eigenvalue weighted by atomic mass is 10.0. The van der Waals surface area contributed by atoms with Crippen LogP contribution in [0.5, 0.6) is 5.75 Å². The van der Waals surface area contributed by atoms with Gasteiger partial charge in [-0.05, 0) is 68.2 Å². The highest BCUT2D eigenvalue weighted by Gasteiger charge is 2.16. The highest BCUT2D eigenvalue weighted by Crippen LogP contribution is 2.17. The number of halogens is 1. The van der Waals surface area contributed by atoms with Crippen molar-refractivity contribution in [1.29, 1.82) is 0 Å². The van der Waals surface area contributed by atoms with E-state index in [1.165, 1.54) is 49.1 Å². The average molecular weight is 370 g/mol. The number of piperidine rings is 1. The number of carbonyl (C=O) groups is 1. The number of carbonyl (C=O) groups excluding carboxylic acids is 1. The number of nitrogens with one attached hydrogen (secondary N) is 1. The molecule has 0 spiro atoms. The van der Waals surface area contributed by atoms with Crippen LogP contribution in [0.2, 0.25) is 0 Å². The molecule has 0 radical (unpaired) electrons. The monoisotopic (exact) mass is 370 g/mol. The van der Waals surface area contributed by atoms with Crippen molar-refractivity contribution in [1.82, 2.24) is 10.2 Å². The molecule has 0 aliphatic carbocycles. The first-order valence-electron chi connectivity index (χ1n) is 9.61. The largest absolute Gasteiger partial charge is 0.481 e. The zero-order valence-electron chi connectivity index (χ0n) is 15.8. The maximum absolute atomic E-state index is 13.0. The zero-order valence-corrected chi connectivity index (χ0v) is 15.8. The maximum atomic E-state index is 13.0. The molecule has 1 saturated heterocycles. The van der Waals surface area contributed by atoms with Crippen molar-refractivity contribution in [2.45, 2.75) is 45.4 Å². The van der Waals surface area contributed by atoms with Gasteiger partial charge in [0, 0.05) is 13.1 Å². The van der Waals surface area contributed by atoms with Crippen LogP contribution in [0.3, 0.4) is 0 Å². The molecular weight excluding hydrogens is 343 g/mol. The quantitative estimate of drug-likeness (QED) is 0.804. The Labute approximate surface area is 160 Å². The van der Waals surface area contributed by atoms with E-state index in [4.69, 9.17) is 4.74 Å². The number of nitrogens with zero attached hydrogens (tertiary/aromatic N) is 1. The fourth-order valence-corrected chi connectivity index (χ4v) is 3.34. The molecule has 2 aromatic rings. The number of hydrogen-bond donors (Lipinski definition) is 1. The molecule has 2 aromatic carbocycles. The van der Waals surface area contributed by atoms with Gasteiger partial charge in [-0.25, -0.2) is 4.39 Å². The summed E-state index contributed by atoms with van der Waals surface area (Å²) in [4.78, 5) is 14.8. The molecule has 1 aliphatic rings. The summed E-state index contributed by atoms with van der Waals surface area (Å²) < 4.78 is 18.5. The van der Waals surface area contributed by atoms with Gasteiger partial charge in [0.15, 0.2) is 6.10 Å². The number of amides is 1. The third-order valence-electron chi connectivity index (χ3n) is 4.91. The SMILES string of the molecule is C[C@@H](Oc1ccc(F)cc1)C(=O)NCc1ccccc1CN1CCCCC1. The molecule has 1 N–H and O–H groups in total. The summed E-state index contributed by atoms with van der Waals surface area (Å²) in [5.41, 5.74) is 2.39. The molecule has 1 aliphatic heterocycles. The van der Waals surface area contributed by atoms with E-state index < -0.39 is 6.10 Å². The third-order valence-corrected chi connectivity index (χ3v) is 4.91. The molecular formula is C22H27FN2O2. The minimum Gasteiger partial charge on any atom is -0.481 e. The minimum absolute atomic E-state index is 0.188. The van der Waals surface area contributed by atoms with Crippen LogP contribution in [0.15, 0.2) is 48.5 Å². The third kappa shape index (κ3) is 5.79. The first-order chi connectivity index (χ1) is 13.1. The van der Waals surface area contributed by atoms with Crippen LogP contribution in [0, 0.1) is 5.82 Å². The molecule has 27 heavy (non-hydrogen) atoms. The molecule has 1 amide bonds. The van der Waals surface area contributed by atoms with Crippen molar-refractivity contribution < 1.29 is 13.9 Å². The lowest BCUT2D eigenvalue weighted by Crippen LogP contribution is -2.36. The first kappa shape index (κ1) is 19.4. The van der Waals surface area contributed by atoms with E-state index in [2.05, 4.69) is 22.3 Å². The van der Waals surface area contributed by atoms with Crippen molar-refractivity contribution in [2.24, 2.45) is 0 Å². The van der Waals surface area contributed by atoms with Crippen LogP contribution >= 0.6 is 0 Å². The van der Waals surface area contributed by atoms with Crippen molar-refractivity contribution in [2.75, 3.05) is 13.1 Å². The molecule has 1 atom stereocenters. The second kappa shape index (κ2) is 9.51. The Hall–Kier alpha value is -2.40. The number of benzene rings is 2. The fourth-order valence-electron chi connectivity index (χ4n) is 3.34. The van der Waals surface area contributed by atoms with Gasteiger partial charge in [0.25, 0.3) is 5.91 Å². The van der Waals surface area contributed by atoms with Gasteiger partial charge in [0.05, 0.1) is 0 Å². The van der Waals surface area contributed by atoms with Gasteiger partial charge in [-0.1, -0.05) is 30.7 Å². The predicted octanol–water partition coefficient (Wildman–Crippen LogP) is 3.90. The van der Waals surface area contributed by atoms with Crippen LogP contribution in [0.1, 0.15) is 37.3 Å². The van der Waals surface area contributed by atoms with Gasteiger partial charge >= 0.3 is 0 Å². The van der Waals surface area contributed by atoms with Gasteiger partial charge < -0.3 is 10.1 Å². The molecule has 0 unspecified atom stereocenters. The van der Waals surface area contributed by atoms with Crippen molar-refractivity contribution in [3.63, 3.8) is 0 Å². The summed E-state index contributed by atoms with van der Waals surface area (Å²) in [5, 5.41) is 2.95. The second-order valence-corrected chi connectivity index (χ2v) is 7.04. The van der Waals surface area contributed by atoms with E-state index in [1.54, 1.807) is 6.92 Å². The Kier molecular flexibility index (Phi) is 6.82. The molecule has 144 valence electrons. The fraction of sp³-hybridized carbons (Fsp3) is 0.409. The maximum Gasteiger partial charge on any atom is 0.261 e. The van der Waals surface area contributed by atoms with Crippen LogP contribution in [-0.2, 0) is 17.9 Å². The lowest BCUT2D eigenvalue weighted by molar-refractivity contribution is -0.127. The second-order valence-electron chi connectivity index (χ2n) is 7.04. The predicted molar refractivity (Wildman–Crippen MR) is 104 cm³/mol. The number of rotatable bonds is 7. The van der Waals surface area contributed by atoms with Gasteiger partial charge in [-0.3, -0.25) is 9.69 Å². The standard InChI is InChI=1S/C22H27FN2O2/c1-17(27-21-11-9-20(23)10-12-21)22(26)24-15-18-7-3-4-8-19(18)16-25-13-5-2-6-14-25/h3-4,7-12,17H,2,5-6,13-16H2,1H3,(H,24,26)/t17-/m1/s1. The summed E-state index contributed by atoms with van der Waals surface area (Å²) in [7, 11) is 0. The molecule has 0 saturated carbocycles. The van der Waals surface area contributed by atoms with Crippen LogP contribution in [0.4, 0.5) is 4.39 Å². The molecule has 4 nitrogen and oxygen atoms in total. The first-order valence-corrected chi connectivity index (χ1v) is 9.61.